The molecule has 1 atom stereocenters. The summed E-state index contributed by atoms with van der Waals surface area (Å²) in [5, 5.41) is 0. The third kappa shape index (κ3) is 6.89. The molecule has 0 radical (unpaired) electrons. The van der Waals surface area contributed by atoms with Crippen LogP contribution < -0.4 is 9.47 Å². The van der Waals surface area contributed by atoms with Gasteiger partial charge in [0.25, 0.3) is 0 Å². The maximum atomic E-state index is 14.5. The van der Waals surface area contributed by atoms with Gasteiger partial charge < -0.3 is 9.47 Å². The van der Waals surface area contributed by atoms with Gasteiger partial charge in [-0.1, -0.05) is 43.3 Å². The Balaban J connectivity index is 1.18. The second-order valence-corrected chi connectivity index (χ2v) is 8.56. The predicted molar refractivity (Wildman–Crippen MR) is 133 cm³/mol. The summed E-state index contributed by atoms with van der Waals surface area (Å²) in [4.78, 5) is 0. The van der Waals surface area contributed by atoms with Gasteiger partial charge in [-0.15, -0.1) is 0 Å². The van der Waals surface area contributed by atoms with Crippen LogP contribution in [0.25, 0.3) is 22.3 Å². The van der Waals surface area contributed by atoms with Crippen molar-refractivity contribution in [3.8, 4) is 33.8 Å². The van der Waals surface area contributed by atoms with Crippen LogP contribution in [0.15, 0.2) is 91.0 Å². The van der Waals surface area contributed by atoms with Gasteiger partial charge in [0.1, 0.15) is 29.0 Å². The fourth-order valence-corrected chi connectivity index (χ4v) is 3.74. The van der Waals surface area contributed by atoms with E-state index < -0.39 is 5.82 Å². The number of rotatable bonds is 10. The molecule has 0 aromatic heterocycles. The van der Waals surface area contributed by atoms with Crippen molar-refractivity contribution in [1.82, 2.24) is 0 Å². The van der Waals surface area contributed by atoms with E-state index in [1.807, 2.05) is 24.3 Å². The summed E-state index contributed by atoms with van der Waals surface area (Å²) in [6, 6.07) is 24.6. The van der Waals surface area contributed by atoms with E-state index in [0.717, 1.165) is 29.7 Å². The van der Waals surface area contributed by atoms with E-state index >= 15 is 0 Å². The van der Waals surface area contributed by atoms with Crippen LogP contribution in [0.3, 0.4) is 0 Å². The molecule has 0 amide bonds. The topological polar surface area (TPSA) is 18.5 Å². The number of hydrogen-bond acceptors (Lipinski definition) is 2. The van der Waals surface area contributed by atoms with E-state index in [9.17, 15) is 13.2 Å². The molecule has 0 spiro atoms. The Bertz CT molecular complexity index is 1220. The van der Waals surface area contributed by atoms with Crippen LogP contribution in [-0.4, -0.2) is 13.2 Å². The molecule has 0 fully saturated rings. The Morgan fingerprint density at radius 2 is 1.03 bits per heavy atom. The van der Waals surface area contributed by atoms with Gasteiger partial charge >= 0.3 is 0 Å². The molecule has 0 saturated carbocycles. The Labute approximate surface area is 204 Å². The summed E-state index contributed by atoms with van der Waals surface area (Å²) >= 11 is 0. The highest BCUT2D eigenvalue weighted by atomic mass is 19.1. The molecule has 35 heavy (non-hydrogen) atoms. The molecule has 180 valence electrons. The lowest BCUT2D eigenvalue weighted by Crippen LogP contribution is -2.08. The molecule has 0 heterocycles. The molecule has 0 aliphatic carbocycles. The Kier molecular flexibility index (Phi) is 8.09. The molecule has 4 aromatic carbocycles. The van der Waals surface area contributed by atoms with E-state index in [2.05, 4.69) is 6.92 Å². The average molecular weight is 477 g/mol. The van der Waals surface area contributed by atoms with Crippen molar-refractivity contribution < 1.29 is 22.6 Å². The third-order valence-electron chi connectivity index (χ3n) is 5.89. The highest BCUT2D eigenvalue weighted by molar-refractivity contribution is 5.65. The van der Waals surface area contributed by atoms with E-state index in [1.54, 1.807) is 36.4 Å². The third-order valence-corrected chi connectivity index (χ3v) is 5.89. The molecular weight excluding hydrogens is 449 g/mol. The molecule has 2 nitrogen and oxygen atoms in total. The normalized spacial score (nSPS) is 11.8. The molecule has 1 unspecified atom stereocenters. The van der Waals surface area contributed by atoms with Crippen LogP contribution in [0.4, 0.5) is 13.2 Å². The quantitative estimate of drug-likeness (QED) is 0.229. The molecule has 4 rings (SSSR count). The summed E-state index contributed by atoms with van der Waals surface area (Å²) < 4.78 is 52.2. The van der Waals surface area contributed by atoms with E-state index in [1.165, 1.54) is 30.3 Å². The fraction of sp³-hybridized carbons (Fsp3) is 0.200. The van der Waals surface area contributed by atoms with Gasteiger partial charge in [0, 0.05) is 11.6 Å². The first-order valence-electron chi connectivity index (χ1n) is 11.6. The van der Waals surface area contributed by atoms with Crippen molar-refractivity contribution in [3.05, 3.63) is 108 Å². The van der Waals surface area contributed by atoms with Crippen molar-refractivity contribution in [3.63, 3.8) is 0 Å². The maximum Gasteiger partial charge on any atom is 0.134 e. The smallest absolute Gasteiger partial charge is 0.134 e. The van der Waals surface area contributed by atoms with Gasteiger partial charge in [0.15, 0.2) is 0 Å². The predicted octanol–water partition coefficient (Wildman–Crippen LogP) is 8.31. The molecular formula is C30H27F3O2. The minimum atomic E-state index is -0.402. The van der Waals surface area contributed by atoms with Gasteiger partial charge in [-0.05, 0) is 84.0 Å². The van der Waals surface area contributed by atoms with Crippen molar-refractivity contribution in [1.29, 1.82) is 0 Å². The lowest BCUT2D eigenvalue weighted by Gasteiger charge is -2.14. The fourth-order valence-electron chi connectivity index (χ4n) is 3.74. The zero-order valence-corrected chi connectivity index (χ0v) is 19.5. The van der Waals surface area contributed by atoms with E-state index in [0.29, 0.717) is 36.0 Å². The van der Waals surface area contributed by atoms with Gasteiger partial charge in [-0.2, -0.15) is 0 Å². The van der Waals surface area contributed by atoms with Gasteiger partial charge in [-0.25, -0.2) is 13.2 Å². The zero-order chi connectivity index (χ0) is 24.6. The SMILES string of the molecule is CC(CCOc1ccc(-c2ccc(F)cc2)cc1)CCOc1ccc(-c2ccc(F)cc2)c(F)c1. The van der Waals surface area contributed by atoms with Crippen LogP contribution in [0.2, 0.25) is 0 Å². The monoisotopic (exact) mass is 476 g/mol. The lowest BCUT2D eigenvalue weighted by atomic mass is 10.0. The second kappa shape index (κ2) is 11.6. The summed E-state index contributed by atoms with van der Waals surface area (Å²) in [5.74, 6) is 0.625. The van der Waals surface area contributed by atoms with Crippen molar-refractivity contribution in [2.45, 2.75) is 19.8 Å². The van der Waals surface area contributed by atoms with Gasteiger partial charge in [-0.3, -0.25) is 0 Å². The highest BCUT2D eigenvalue weighted by Gasteiger charge is 2.09. The first-order chi connectivity index (χ1) is 17.0. The number of ether oxygens (including phenoxy) is 2. The molecule has 0 aliphatic heterocycles. The van der Waals surface area contributed by atoms with Crippen molar-refractivity contribution in [2.24, 2.45) is 5.92 Å². The maximum absolute atomic E-state index is 14.5. The summed E-state index contributed by atoms with van der Waals surface area (Å²) in [6.45, 7) is 3.18. The van der Waals surface area contributed by atoms with Crippen LogP contribution >= 0.6 is 0 Å². The average Bonchev–Trinajstić information content (AvgIpc) is 2.86. The number of benzene rings is 4. The minimum Gasteiger partial charge on any atom is -0.494 e. The Morgan fingerprint density at radius 1 is 0.571 bits per heavy atom. The minimum absolute atomic E-state index is 0.250. The molecule has 0 saturated heterocycles. The van der Waals surface area contributed by atoms with Crippen molar-refractivity contribution in [2.75, 3.05) is 13.2 Å². The summed E-state index contributed by atoms with van der Waals surface area (Å²) in [5.41, 5.74) is 2.99. The Hall–Kier alpha value is -3.73. The largest absolute Gasteiger partial charge is 0.494 e. The van der Waals surface area contributed by atoms with Gasteiger partial charge in [0.2, 0.25) is 0 Å². The molecule has 0 bridgehead atoms. The van der Waals surface area contributed by atoms with E-state index in [4.69, 9.17) is 9.47 Å². The molecule has 5 heteroatoms. The van der Waals surface area contributed by atoms with E-state index in [-0.39, 0.29) is 11.6 Å². The first kappa shape index (κ1) is 24.4. The first-order valence-corrected chi connectivity index (χ1v) is 11.6. The van der Waals surface area contributed by atoms with Crippen LogP contribution in [0, 0.1) is 23.4 Å². The summed E-state index contributed by atoms with van der Waals surface area (Å²) in [6.07, 6.45) is 1.68. The molecule has 0 N–H and O–H groups in total. The zero-order valence-electron chi connectivity index (χ0n) is 19.5. The van der Waals surface area contributed by atoms with Gasteiger partial charge in [0.05, 0.1) is 13.2 Å². The molecule has 4 aromatic rings. The highest BCUT2D eigenvalue weighted by Crippen LogP contribution is 2.27. The Morgan fingerprint density at radius 3 is 1.57 bits per heavy atom. The number of hydrogen-bond donors (Lipinski definition) is 0. The number of halogens is 3. The van der Waals surface area contributed by atoms with Crippen molar-refractivity contribution >= 4 is 0 Å². The van der Waals surface area contributed by atoms with Crippen LogP contribution in [-0.2, 0) is 0 Å². The standard InChI is InChI=1S/C30H27F3O2/c1-21(16-18-34-27-12-6-23(7-13-27)22-2-8-25(31)9-3-22)17-19-35-28-14-15-29(30(33)20-28)24-4-10-26(32)11-5-24/h2-15,20-21H,16-19H2,1H3. The lowest BCUT2D eigenvalue weighted by molar-refractivity contribution is 0.244. The second-order valence-electron chi connectivity index (χ2n) is 8.56. The molecule has 0 aliphatic rings. The van der Waals surface area contributed by atoms with Crippen LogP contribution in [0.1, 0.15) is 19.8 Å². The summed E-state index contributed by atoms with van der Waals surface area (Å²) in [7, 11) is 0. The van der Waals surface area contributed by atoms with Crippen LogP contribution in [0.5, 0.6) is 11.5 Å².